The monoisotopic (exact) mass is 467 g/mol. The van der Waals surface area contributed by atoms with Crippen LogP contribution in [0.15, 0.2) is 77.9 Å². The topological polar surface area (TPSA) is 88.1 Å². The summed E-state index contributed by atoms with van der Waals surface area (Å²) in [5.41, 5.74) is 3.26. The van der Waals surface area contributed by atoms with Gasteiger partial charge >= 0.3 is 0 Å². The van der Waals surface area contributed by atoms with E-state index in [1.54, 1.807) is 36.4 Å². The van der Waals surface area contributed by atoms with Gasteiger partial charge in [0.15, 0.2) is 0 Å². The zero-order valence-electron chi connectivity index (χ0n) is 17.5. The molecule has 0 bridgehead atoms. The van der Waals surface area contributed by atoms with Crippen LogP contribution in [0.1, 0.15) is 22.3 Å². The van der Waals surface area contributed by atoms with Crippen LogP contribution in [0.4, 0.5) is 10.1 Å². The maximum atomic E-state index is 13.3. The number of amides is 3. The van der Waals surface area contributed by atoms with E-state index in [9.17, 15) is 18.8 Å². The van der Waals surface area contributed by atoms with Crippen LogP contribution in [0.3, 0.4) is 0 Å². The highest BCUT2D eigenvalue weighted by Gasteiger charge is 2.26. The molecule has 168 valence electrons. The molecule has 33 heavy (non-hydrogen) atoms. The number of rotatable bonds is 7. The molecule has 3 aromatic carbocycles. The summed E-state index contributed by atoms with van der Waals surface area (Å²) in [6, 6.07) is 17.7. The van der Waals surface area contributed by atoms with Crippen molar-refractivity contribution in [3.63, 3.8) is 0 Å². The van der Waals surface area contributed by atoms with E-state index >= 15 is 0 Å². The SMILES string of the molecule is COc1ccc(N(C(=O)CC(=O)NN=Cc2ccc(Cl)cc2)C(=O)c2ccc(F)cc2)cc1. The lowest BCUT2D eigenvalue weighted by Gasteiger charge is -2.21. The molecule has 0 spiro atoms. The van der Waals surface area contributed by atoms with Gasteiger partial charge in [-0.1, -0.05) is 23.7 Å². The van der Waals surface area contributed by atoms with E-state index in [-0.39, 0.29) is 11.3 Å². The number of imide groups is 1. The summed E-state index contributed by atoms with van der Waals surface area (Å²) in [6.45, 7) is 0. The smallest absolute Gasteiger partial charge is 0.265 e. The van der Waals surface area contributed by atoms with Crippen molar-refractivity contribution in [3.8, 4) is 5.75 Å². The molecule has 0 radical (unpaired) electrons. The summed E-state index contributed by atoms with van der Waals surface area (Å²) < 4.78 is 18.4. The van der Waals surface area contributed by atoms with E-state index in [1.807, 2.05) is 0 Å². The number of hydrogen-bond acceptors (Lipinski definition) is 5. The number of carbonyl (C=O) groups is 3. The van der Waals surface area contributed by atoms with Crippen LogP contribution in [0.25, 0.3) is 0 Å². The highest BCUT2D eigenvalue weighted by molar-refractivity contribution is 6.30. The van der Waals surface area contributed by atoms with Crippen LogP contribution in [0, 0.1) is 5.82 Å². The average Bonchev–Trinajstić information content (AvgIpc) is 2.81. The molecule has 0 aliphatic rings. The minimum absolute atomic E-state index is 0.0849. The van der Waals surface area contributed by atoms with Gasteiger partial charge in [-0.15, -0.1) is 0 Å². The minimum atomic E-state index is -0.784. The van der Waals surface area contributed by atoms with Crippen molar-refractivity contribution in [1.29, 1.82) is 0 Å². The van der Waals surface area contributed by atoms with Crippen LogP contribution in [0.5, 0.6) is 5.75 Å². The molecule has 0 heterocycles. The average molecular weight is 468 g/mol. The second-order valence-corrected chi connectivity index (χ2v) is 7.20. The fraction of sp³-hybridized carbons (Fsp3) is 0.0833. The highest BCUT2D eigenvalue weighted by atomic mass is 35.5. The van der Waals surface area contributed by atoms with Gasteiger partial charge in [0.05, 0.1) is 19.0 Å². The van der Waals surface area contributed by atoms with Crippen LogP contribution in [-0.4, -0.2) is 31.0 Å². The van der Waals surface area contributed by atoms with Gasteiger partial charge in [0, 0.05) is 10.6 Å². The van der Waals surface area contributed by atoms with Crippen molar-refractivity contribution in [3.05, 3.63) is 94.8 Å². The second kappa shape index (κ2) is 11.0. The van der Waals surface area contributed by atoms with Crippen molar-refractivity contribution in [2.45, 2.75) is 6.42 Å². The molecule has 3 amide bonds. The van der Waals surface area contributed by atoms with Gasteiger partial charge < -0.3 is 4.74 Å². The lowest BCUT2D eigenvalue weighted by molar-refractivity contribution is -0.127. The molecular formula is C24H19ClFN3O4. The largest absolute Gasteiger partial charge is 0.497 e. The molecule has 0 fully saturated rings. The fourth-order valence-electron chi connectivity index (χ4n) is 2.81. The number of carbonyl (C=O) groups excluding carboxylic acids is 3. The Morgan fingerprint density at radius 2 is 1.64 bits per heavy atom. The first-order valence-electron chi connectivity index (χ1n) is 9.72. The van der Waals surface area contributed by atoms with Gasteiger partial charge in [-0.3, -0.25) is 14.4 Å². The van der Waals surface area contributed by atoms with E-state index in [4.69, 9.17) is 16.3 Å². The van der Waals surface area contributed by atoms with Crippen molar-refractivity contribution < 1.29 is 23.5 Å². The lowest BCUT2D eigenvalue weighted by atomic mass is 10.1. The van der Waals surface area contributed by atoms with E-state index in [0.717, 1.165) is 17.0 Å². The minimum Gasteiger partial charge on any atom is -0.497 e. The van der Waals surface area contributed by atoms with Crippen molar-refractivity contribution in [2.75, 3.05) is 12.0 Å². The molecule has 0 aliphatic heterocycles. The number of nitrogens with zero attached hydrogens (tertiary/aromatic N) is 2. The Morgan fingerprint density at radius 1 is 1.00 bits per heavy atom. The Morgan fingerprint density at radius 3 is 2.24 bits per heavy atom. The fourth-order valence-corrected chi connectivity index (χ4v) is 2.94. The quantitative estimate of drug-likeness (QED) is 0.320. The number of benzene rings is 3. The summed E-state index contributed by atoms with van der Waals surface area (Å²) in [4.78, 5) is 39.1. The Hall–Kier alpha value is -4.04. The first kappa shape index (κ1) is 23.6. The standard InChI is InChI=1S/C24H19ClFN3O4/c1-33-21-12-10-20(11-13-21)29(24(32)17-4-8-19(26)9-5-17)23(31)14-22(30)28-27-15-16-2-6-18(25)7-3-16/h2-13,15H,14H2,1H3,(H,28,30). The molecule has 3 aromatic rings. The summed E-state index contributed by atoms with van der Waals surface area (Å²) in [5, 5.41) is 4.37. The molecule has 0 atom stereocenters. The number of nitrogens with one attached hydrogen (secondary N) is 1. The van der Waals surface area contributed by atoms with Gasteiger partial charge in [0.2, 0.25) is 11.8 Å². The summed E-state index contributed by atoms with van der Waals surface area (Å²) in [5.74, 6) is -2.20. The van der Waals surface area contributed by atoms with Gasteiger partial charge in [0.1, 0.15) is 18.0 Å². The third-order valence-electron chi connectivity index (χ3n) is 4.46. The van der Waals surface area contributed by atoms with Gasteiger partial charge in [-0.2, -0.15) is 5.10 Å². The molecule has 3 rings (SSSR count). The molecule has 0 aliphatic carbocycles. The Balaban J connectivity index is 1.76. The van der Waals surface area contributed by atoms with Crippen LogP contribution in [-0.2, 0) is 9.59 Å². The summed E-state index contributed by atoms with van der Waals surface area (Å²) >= 11 is 5.82. The van der Waals surface area contributed by atoms with Gasteiger partial charge in [-0.05, 0) is 66.2 Å². The third-order valence-corrected chi connectivity index (χ3v) is 4.71. The zero-order valence-corrected chi connectivity index (χ0v) is 18.3. The lowest BCUT2D eigenvalue weighted by Crippen LogP contribution is -2.39. The maximum absolute atomic E-state index is 13.3. The predicted octanol–water partition coefficient (Wildman–Crippen LogP) is 4.20. The molecule has 9 heteroatoms. The molecule has 1 N–H and O–H groups in total. The molecule has 0 saturated carbocycles. The van der Waals surface area contributed by atoms with Crippen LogP contribution < -0.4 is 15.1 Å². The zero-order chi connectivity index (χ0) is 23.8. The number of hydrazone groups is 1. The maximum Gasteiger partial charge on any atom is 0.265 e. The number of methoxy groups -OCH3 is 1. The second-order valence-electron chi connectivity index (χ2n) is 6.76. The normalized spacial score (nSPS) is 10.6. The molecule has 0 unspecified atom stereocenters. The Labute approximate surface area is 194 Å². The van der Waals surface area contributed by atoms with Crippen molar-refractivity contribution in [1.82, 2.24) is 5.43 Å². The van der Waals surface area contributed by atoms with E-state index < -0.39 is 30.0 Å². The summed E-state index contributed by atoms with van der Waals surface area (Å²) in [6.07, 6.45) is 0.751. The van der Waals surface area contributed by atoms with Crippen molar-refractivity contribution in [2.24, 2.45) is 5.10 Å². The summed E-state index contributed by atoms with van der Waals surface area (Å²) in [7, 11) is 1.48. The first-order valence-corrected chi connectivity index (χ1v) is 10.1. The van der Waals surface area contributed by atoms with Crippen LogP contribution >= 0.6 is 11.6 Å². The number of ether oxygens (including phenoxy) is 1. The van der Waals surface area contributed by atoms with Crippen molar-refractivity contribution >= 4 is 41.2 Å². The Kier molecular flexibility index (Phi) is 7.88. The van der Waals surface area contributed by atoms with Gasteiger partial charge in [0.25, 0.3) is 5.91 Å². The van der Waals surface area contributed by atoms with Crippen LogP contribution in [0.2, 0.25) is 5.02 Å². The Bertz CT molecular complexity index is 1160. The number of halogens is 2. The third kappa shape index (κ3) is 6.47. The molecule has 0 aromatic heterocycles. The number of hydrogen-bond donors (Lipinski definition) is 1. The van der Waals surface area contributed by atoms with Gasteiger partial charge in [-0.25, -0.2) is 14.7 Å². The number of anilines is 1. The molecule has 0 saturated heterocycles. The first-order chi connectivity index (χ1) is 15.9. The van der Waals surface area contributed by atoms with E-state index in [1.165, 1.54) is 37.6 Å². The predicted molar refractivity (Wildman–Crippen MR) is 123 cm³/mol. The highest BCUT2D eigenvalue weighted by Crippen LogP contribution is 2.22. The molecular weight excluding hydrogens is 449 g/mol. The molecule has 7 nitrogen and oxygen atoms in total. The van der Waals surface area contributed by atoms with E-state index in [2.05, 4.69) is 10.5 Å². The van der Waals surface area contributed by atoms with E-state index in [0.29, 0.717) is 16.3 Å².